The summed E-state index contributed by atoms with van der Waals surface area (Å²) in [4.78, 5) is 0. The van der Waals surface area contributed by atoms with E-state index in [4.69, 9.17) is 0 Å². The molecule has 0 saturated heterocycles. The van der Waals surface area contributed by atoms with Crippen LogP contribution < -0.4 is 0 Å². The molecule has 0 aromatic heterocycles. The van der Waals surface area contributed by atoms with Gasteiger partial charge in [0.2, 0.25) is 0 Å². The van der Waals surface area contributed by atoms with Gasteiger partial charge in [0.15, 0.2) is 0 Å². The molecular weight excluding hydrogens is 264 g/mol. The van der Waals surface area contributed by atoms with Gasteiger partial charge in [-0.05, 0) is 22.6 Å². The first-order valence-corrected chi connectivity index (χ1v) is 7.93. The van der Waals surface area contributed by atoms with Gasteiger partial charge in [0.25, 0.3) is 0 Å². The van der Waals surface area contributed by atoms with E-state index in [-0.39, 0.29) is 5.41 Å². The Bertz CT molecular complexity index is 600. The Hall–Kier alpha value is -2.34. The van der Waals surface area contributed by atoms with Crippen molar-refractivity contribution >= 4 is 0 Å². The van der Waals surface area contributed by atoms with Crippen molar-refractivity contribution in [1.82, 2.24) is 0 Å². The van der Waals surface area contributed by atoms with Crippen molar-refractivity contribution in [2.45, 2.75) is 19.3 Å². The van der Waals surface area contributed by atoms with E-state index in [9.17, 15) is 0 Å². The van der Waals surface area contributed by atoms with Crippen LogP contribution in [0, 0.1) is 5.92 Å². The number of rotatable bonds is 4. The maximum absolute atomic E-state index is 2.31. The number of hydrogen-bond donors (Lipinski definition) is 0. The van der Waals surface area contributed by atoms with Crippen molar-refractivity contribution < 1.29 is 0 Å². The summed E-state index contributed by atoms with van der Waals surface area (Å²) in [5, 5.41) is 0. The van der Waals surface area contributed by atoms with Gasteiger partial charge in [-0.25, -0.2) is 0 Å². The number of hydrogen-bond acceptors (Lipinski definition) is 0. The highest BCUT2D eigenvalue weighted by atomic mass is 14.4. The minimum atomic E-state index is -0.121. The molecule has 0 bridgehead atoms. The van der Waals surface area contributed by atoms with Crippen molar-refractivity contribution in [3.05, 3.63) is 108 Å². The van der Waals surface area contributed by atoms with E-state index in [1.165, 1.54) is 16.7 Å². The van der Waals surface area contributed by atoms with E-state index in [1.807, 2.05) is 0 Å². The van der Waals surface area contributed by atoms with Crippen molar-refractivity contribution in [1.29, 1.82) is 0 Å². The minimum absolute atomic E-state index is 0.121. The van der Waals surface area contributed by atoms with Crippen LogP contribution >= 0.6 is 0 Å². The Labute approximate surface area is 133 Å². The van der Waals surface area contributed by atoms with E-state index in [0.717, 1.165) is 0 Å². The average Bonchev–Trinajstić information content (AvgIpc) is 2.58. The quantitative estimate of drug-likeness (QED) is 0.541. The molecule has 0 heterocycles. The van der Waals surface area contributed by atoms with Crippen LogP contribution in [0.4, 0.5) is 0 Å². The summed E-state index contributed by atoms with van der Waals surface area (Å²) in [5.41, 5.74) is 3.93. The van der Waals surface area contributed by atoms with Gasteiger partial charge in [0, 0.05) is 5.41 Å². The molecule has 0 radical (unpaired) electrons. The zero-order valence-corrected chi connectivity index (χ0v) is 13.2. The predicted octanol–water partition coefficient (Wildman–Crippen LogP) is 5.68. The number of benzene rings is 3. The fraction of sp³-hybridized carbons (Fsp3) is 0.182. The summed E-state index contributed by atoms with van der Waals surface area (Å²) >= 11 is 0. The molecule has 0 unspecified atom stereocenters. The second-order valence-electron chi connectivity index (χ2n) is 6.06. The molecule has 3 aromatic rings. The van der Waals surface area contributed by atoms with Crippen LogP contribution in [0.2, 0.25) is 0 Å². The fourth-order valence-corrected chi connectivity index (χ4v) is 3.60. The van der Waals surface area contributed by atoms with Crippen LogP contribution in [-0.4, -0.2) is 0 Å². The Balaban J connectivity index is 2.34. The molecule has 0 fully saturated rings. The Kier molecular flexibility index (Phi) is 4.11. The molecule has 0 N–H and O–H groups in total. The zero-order chi connectivity index (χ0) is 15.4. The van der Waals surface area contributed by atoms with Crippen LogP contribution in [-0.2, 0) is 5.41 Å². The largest absolute Gasteiger partial charge is 0.0622 e. The molecular formula is C22H22. The maximum atomic E-state index is 2.31. The molecule has 0 saturated carbocycles. The standard InChI is InChI=1S/C22H22/c1-18(2)22(19-12-6-3-7-13-19,20-14-8-4-9-15-20)21-16-10-5-11-17-21/h3-18H,1-2H3. The normalized spacial score (nSPS) is 11.6. The fourth-order valence-electron chi connectivity index (χ4n) is 3.60. The Morgan fingerprint density at radius 3 is 1.00 bits per heavy atom. The van der Waals surface area contributed by atoms with E-state index in [2.05, 4.69) is 105 Å². The monoisotopic (exact) mass is 286 g/mol. The third-order valence-electron chi connectivity index (χ3n) is 4.55. The second kappa shape index (κ2) is 6.19. The second-order valence-corrected chi connectivity index (χ2v) is 6.06. The first-order valence-electron chi connectivity index (χ1n) is 7.93. The molecule has 0 amide bonds. The van der Waals surface area contributed by atoms with Crippen LogP contribution in [0.15, 0.2) is 91.0 Å². The van der Waals surface area contributed by atoms with Crippen LogP contribution in [0.3, 0.4) is 0 Å². The van der Waals surface area contributed by atoms with Gasteiger partial charge in [-0.1, -0.05) is 105 Å². The van der Waals surface area contributed by atoms with Gasteiger partial charge >= 0.3 is 0 Å². The molecule has 0 aliphatic heterocycles. The van der Waals surface area contributed by atoms with Crippen LogP contribution in [0.5, 0.6) is 0 Å². The molecule has 22 heavy (non-hydrogen) atoms. The zero-order valence-electron chi connectivity index (χ0n) is 13.2. The highest BCUT2D eigenvalue weighted by Crippen LogP contribution is 2.44. The van der Waals surface area contributed by atoms with Gasteiger partial charge < -0.3 is 0 Å². The van der Waals surface area contributed by atoms with E-state index >= 15 is 0 Å². The minimum Gasteiger partial charge on any atom is -0.0622 e. The molecule has 0 aliphatic carbocycles. The third kappa shape index (κ3) is 2.35. The maximum Gasteiger partial charge on any atom is 0.0474 e. The highest BCUT2D eigenvalue weighted by Gasteiger charge is 2.38. The smallest absolute Gasteiger partial charge is 0.0474 e. The summed E-state index contributed by atoms with van der Waals surface area (Å²) in [6.45, 7) is 4.62. The highest BCUT2D eigenvalue weighted by molar-refractivity contribution is 5.50. The summed E-state index contributed by atoms with van der Waals surface area (Å²) in [7, 11) is 0. The lowest BCUT2D eigenvalue weighted by atomic mass is 9.63. The van der Waals surface area contributed by atoms with Crippen LogP contribution in [0.1, 0.15) is 30.5 Å². The van der Waals surface area contributed by atoms with E-state index < -0.39 is 0 Å². The van der Waals surface area contributed by atoms with Gasteiger partial charge in [-0.2, -0.15) is 0 Å². The first kappa shape index (κ1) is 14.6. The van der Waals surface area contributed by atoms with Crippen molar-refractivity contribution in [3.63, 3.8) is 0 Å². The third-order valence-corrected chi connectivity index (χ3v) is 4.55. The topological polar surface area (TPSA) is 0 Å². The summed E-state index contributed by atoms with van der Waals surface area (Å²) in [6, 6.07) is 32.6. The van der Waals surface area contributed by atoms with Gasteiger partial charge in [-0.15, -0.1) is 0 Å². The Morgan fingerprint density at radius 2 is 0.773 bits per heavy atom. The lowest BCUT2D eigenvalue weighted by Gasteiger charge is -2.39. The van der Waals surface area contributed by atoms with Crippen molar-refractivity contribution in [2.75, 3.05) is 0 Å². The van der Waals surface area contributed by atoms with Gasteiger partial charge in [0.05, 0.1) is 0 Å². The van der Waals surface area contributed by atoms with E-state index in [0.29, 0.717) is 5.92 Å². The summed E-state index contributed by atoms with van der Waals surface area (Å²) in [6.07, 6.45) is 0. The van der Waals surface area contributed by atoms with Crippen molar-refractivity contribution in [3.8, 4) is 0 Å². The predicted molar refractivity (Wildman–Crippen MR) is 94.0 cm³/mol. The molecule has 0 nitrogen and oxygen atoms in total. The molecule has 0 aliphatic rings. The van der Waals surface area contributed by atoms with Crippen molar-refractivity contribution in [2.24, 2.45) is 5.92 Å². The Morgan fingerprint density at radius 1 is 0.500 bits per heavy atom. The van der Waals surface area contributed by atoms with Gasteiger partial charge in [0.1, 0.15) is 0 Å². The summed E-state index contributed by atoms with van der Waals surface area (Å²) < 4.78 is 0. The average molecular weight is 286 g/mol. The molecule has 0 spiro atoms. The van der Waals surface area contributed by atoms with E-state index in [1.54, 1.807) is 0 Å². The lowest BCUT2D eigenvalue weighted by Crippen LogP contribution is -2.35. The summed E-state index contributed by atoms with van der Waals surface area (Å²) in [5.74, 6) is 0.444. The first-order chi connectivity index (χ1) is 10.8. The van der Waals surface area contributed by atoms with Crippen LogP contribution in [0.25, 0.3) is 0 Å². The van der Waals surface area contributed by atoms with Gasteiger partial charge in [-0.3, -0.25) is 0 Å². The molecule has 0 heteroatoms. The molecule has 0 atom stereocenters. The molecule has 110 valence electrons. The lowest BCUT2D eigenvalue weighted by molar-refractivity contribution is 0.438. The molecule has 3 rings (SSSR count). The SMILES string of the molecule is CC(C)C(c1ccccc1)(c1ccccc1)c1ccccc1. The molecule has 3 aromatic carbocycles.